The van der Waals surface area contributed by atoms with E-state index in [9.17, 15) is 8.42 Å². The number of hydrogen-bond donors (Lipinski definition) is 2. The maximum Gasteiger partial charge on any atom is 0.241 e. The lowest BCUT2D eigenvalue weighted by atomic mass is 9.88. The molecule has 1 aromatic carbocycles. The van der Waals surface area contributed by atoms with Gasteiger partial charge in [0.1, 0.15) is 0 Å². The van der Waals surface area contributed by atoms with E-state index in [2.05, 4.69) is 11.6 Å². The van der Waals surface area contributed by atoms with Gasteiger partial charge in [0.15, 0.2) is 0 Å². The zero-order chi connectivity index (χ0) is 15.6. The molecule has 3 N–H and O–H groups in total. The minimum Gasteiger partial charge on any atom is -0.326 e. The lowest BCUT2D eigenvalue weighted by Crippen LogP contribution is -2.37. The Bertz CT molecular complexity index is 608. The summed E-state index contributed by atoms with van der Waals surface area (Å²) in [5, 5.41) is 0.402. The molecule has 0 amide bonds. The topological polar surface area (TPSA) is 72.2 Å². The molecule has 1 saturated carbocycles. The average Bonchev–Trinajstić information content (AvgIpc) is 2.43. The van der Waals surface area contributed by atoms with Crippen LogP contribution in [0.1, 0.15) is 43.7 Å². The first-order valence-corrected chi connectivity index (χ1v) is 9.21. The third-order valence-corrected chi connectivity index (χ3v) is 6.14. The number of hydrogen-bond acceptors (Lipinski definition) is 3. The van der Waals surface area contributed by atoms with Crippen LogP contribution in [0.3, 0.4) is 0 Å². The summed E-state index contributed by atoms with van der Waals surface area (Å²) in [5.41, 5.74) is 7.10. The van der Waals surface area contributed by atoms with Crippen LogP contribution in [-0.2, 0) is 16.6 Å². The highest BCUT2D eigenvalue weighted by Crippen LogP contribution is 2.27. The van der Waals surface area contributed by atoms with Crippen molar-refractivity contribution in [2.45, 2.75) is 57.0 Å². The molecule has 0 bridgehead atoms. The second-order valence-electron chi connectivity index (χ2n) is 5.97. The summed E-state index contributed by atoms with van der Waals surface area (Å²) in [7, 11) is -3.55. The molecule has 1 aromatic rings. The van der Waals surface area contributed by atoms with Crippen LogP contribution in [-0.4, -0.2) is 14.5 Å². The fourth-order valence-corrected chi connectivity index (χ4v) is 4.78. The minimum absolute atomic E-state index is 0.0194. The van der Waals surface area contributed by atoms with Crippen molar-refractivity contribution in [2.24, 2.45) is 11.7 Å². The van der Waals surface area contributed by atoms with E-state index in [-0.39, 0.29) is 17.5 Å². The van der Waals surface area contributed by atoms with E-state index >= 15 is 0 Å². The summed E-state index contributed by atoms with van der Waals surface area (Å²) < 4.78 is 28.0. The Kier molecular flexibility index (Phi) is 5.30. The van der Waals surface area contributed by atoms with Crippen molar-refractivity contribution < 1.29 is 8.42 Å². The minimum atomic E-state index is -3.55. The fourth-order valence-electron chi connectivity index (χ4n) is 2.86. The Hall–Kier alpha value is -0.620. The highest BCUT2D eigenvalue weighted by molar-refractivity contribution is 7.89. The Balaban J connectivity index is 2.25. The first kappa shape index (κ1) is 16.7. The van der Waals surface area contributed by atoms with Crippen LogP contribution in [0.25, 0.3) is 0 Å². The van der Waals surface area contributed by atoms with Crippen molar-refractivity contribution >= 4 is 21.6 Å². The summed E-state index contributed by atoms with van der Waals surface area (Å²) in [6.45, 7) is 4.26. The van der Waals surface area contributed by atoms with Gasteiger partial charge in [0.2, 0.25) is 10.0 Å². The molecule has 0 heterocycles. The van der Waals surface area contributed by atoms with Gasteiger partial charge in [0, 0.05) is 17.6 Å². The van der Waals surface area contributed by atoms with Crippen LogP contribution in [0.15, 0.2) is 17.0 Å². The van der Waals surface area contributed by atoms with Crippen molar-refractivity contribution in [3.8, 4) is 0 Å². The number of nitrogens with one attached hydrogen (secondary N) is 1. The zero-order valence-corrected chi connectivity index (χ0v) is 14.1. The molecule has 4 nitrogen and oxygen atoms in total. The van der Waals surface area contributed by atoms with E-state index in [1.54, 1.807) is 13.0 Å². The molecule has 2 rings (SSSR count). The number of halogens is 1. The smallest absolute Gasteiger partial charge is 0.241 e. The average molecular weight is 331 g/mol. The molecule has 6 heteroatoms. The quantitative estimate of drug-likeness (QED) is 0.891. The second kappa shape index (κ2) is 6.65. The zero-order valence-electron chi connectivity index (χ0n) is 12.5. The van der Waals surface area contributed by atoms with Gasteiger partial charge in [-0.15, -0.1) is 0 Å². The van der Waals surface area contributed by atoms with Gasteiger partial charge in [-0.25, -0.2) is 13.1 Å². The van der Waals surface area contributed by atoms with Crippen LogP contribution in [0, 0.1) is 12.8 Å². The van der Waals surface area contributed by atoms with Gasteiger partial charge in [0.25, 0.3) is 0 Å². The van der Waals surface area contributed by atoms with Crippen LogP contribution in [0.5, 0.6) is 0 Å². The fraction of sp³-hybridized carbons (Fsp3) is 0.600. The standard InChI is InChI=1S/C15H23ClN2O2S/c1-10-3-5-14(6-4-10)18-21(19,20)15-8-13(16)7-12(9-17)11(15)2/h7-8,10,14,18H,3-6,9,17H2,1-2H3. The maximum absolute atomic E-state index is 12.6. The van der Waals surface area contributed by atoms with Crippen LogP contribution in [0.4, 0.5) is 0 Å². The largest absolute Gasteiger partial charge is 0.326 e. The van der Waals surface area contributed by atoms with Gasteiger partial charge in [-0.2, -0.15) is 0 Å². The maximum atomic E-state index is 12.6. The van der Waals surface area contributed by atoms with Gasteiger partial charge in [-0.05, 0) is 61.8 Å². The van der Waals surface area contributed by atoms with Crippen molar-refractivity contribution in [3.63, 3.8) is 0 Å². The van der Waals surface area contributed by atoms with E-state index in [0.29, 0.717) is 16.5 Å². The van der Waals surface area contributed by atoms with Gasteiger partial charge < -0.3 is 5.73 Å². The van der Waals surface area contributed by atoms with Crippen LogP contribution >= 0.6 is 11.6 Å². The molecule has 1 aliphatic rings. The van der Waals surface area contributed by atoms with Crippen molar-refractivity contribution in [1.82, 2.24) is 4.72 Å². The van der Waals surface area contributed by atoms with Gasteiger partial charge >= 0.3 is 0 Å². The van der Waals surface area contributed by atoms with E-state index in [1.807, 2.05) is 0 Å². The molecule has 0 spiro atoms. The SMILES string of the molecule is Cc1c(CN)cc(Cl)cc1S(=O)(=O)NC1CCC(C)CC1. The molecule has 0 unspecified atom stereocenters. The molecule has 0 saturated heterocycles. The van der Waals surface area contributed by atoms with Crippen molar-refractivity contribution in [3.05, 3.63) is 28.3 Å². The summed E-state index contributed by atoms with van der Waals surface area (Å²) in [5.74, 6) is 0.683. The normalized spacial score (nSPS) is 23.2. The lowest BCUT2D eigenvalue weighted by molar-refractivity contribution is 0.332. The molecule has 0 radical (unpaired) electrons. The molecule has 21 heavy (non-hydrogen) atoms. The summed E-state index contributed by atoms with van der Waals surface area (Å²) in [6.07, 6.45) is 3.92. The Morgan fingerprint density at radius 2 is 1.90 bits per heavy atom. The van der Waals surface area contributed by atoms with Crippen molar-refractivity contribution in [1.29, 1.82) is 0 Å². The highest BCUT2D eigenvalue weighted by atomic mass is 35.5. The van der Waals surface area contributed by atoms with E-state index < -0.39 is 10.0 Å². The molecule has 118 valence electrons. The summed E-state index contributed by atoms with van der Waals surface area (Å²) in [4.78, 5) is 0.245. The Morgan fingerprint density at radius 1 is 1.29 bits per heavy atom. The molecule has 0 atom stereocenters. The van der Waals surface area contributed by atoms with Crippen molar-refractivity contribution in [2.75, 3.05) is 0 Å². The monoisotopic (exact) mass is 330 g/mol. The predicted octanol–water partition coefficient (Wildman–Crippen LogP) is 2.96. The highest BCUT2D eigenvalue weighted by Gasteiger charge is 2.26. The van der Waals surface area contributed by atoms with Gasteiger partial charge in [-0.1, -0.05) is 18.5 Å². The Labute approximate surface area is 132 Å². The lowest BCUT2D eigenvalue weighted by Gasteiger charge is -2.27. The Morgan fingerprint density at radius 3 is 2.48 bits per heavy atom. The van der Waals surface area contributed by atoms with E-state index in [4.69, 9.17) is 17.3 Å². The molecule has 0 aromatic heterocycles. The molecule has 1 aliphatic carbocycles. The number of benzene rings is 1. The predicted molar refractivity (Wildman–Crippen MR) is 85.8 cm³/mol. The molecular weight excluding hydrogens is 308 g/mol. The molecular formula is C15H23ClN2O2S. The van der Waals surface area contributed by atoms with E-state index in [0.717, 1.165) is 31.2 Å². The molecule has 1 fully saturated rings. The second-order valence-corrected chi connectivity index (χ2v) is 8.09. The number of nitrogens with two attached hydrogens (primary N) is 1. The first-order valence-electron chi connectivity index (χ1n) is 7.35. The molecule has 0 aliphatic heterocycles. The summed E-state index contributed by atoms with van der Waals surface area (Å²) in [6, 6.07) is 3.24. The van der Waals surface area contributed by atoms with Crippen LogP contribution < -0.4 is 10.5 Å². The van der Waals surface area contributed by atoms with Crippen LogP contribution in [0.2, 0.25) is 5.02 Å². The summed E-state index contributed by atoms with van der Waals surface area (Å²) >= 11 is 6.02. The first-order chi connectivity index (χ1) is 9.83. The van der Waals surface area contributed by atoms with E-state index in [1.165, 1.54) is 6.07 Å². The third kappa shape index (κ3) is 3.97. The third-order valence-electron chi connectivity index (χ3n) is 4.28. The van der Waals surface area contributed by atoms with Gasteiger partial charge in [-0.3, -0.25) is 0 Å². The number of rotatable bonds is 4. The number of sulfonamides is 1. The van der Waals surface area contributed by atoms with Gasteiger partial charge in [0.05, 0.1) is 4.90 Å².